The van der Waals surface area contributed by atoms with Crippen LogP contribution in [0.1, 0.15) is 21.5 Å². The molecule has 0 radical (unpaired) electrons. The number of aryl methyl sites for hydroxylation is 1. The molecule has 2 rings (SSSR count). The van der Waals surface area contributed by atoms with Crippen molar-refractivity contribution in [2.75, 3.05) is 14.2 Å². The lowest BCUT2D eigenvalue weighted by Gasteiger charge is -2.17. The first kappa shape index (κ1) is 15.4. The summed E-state index contributed by atoms with van der Waals surface area (Å²) in [6, 6.07) is 12.3. The molecule has 0 heterocycles. The average molecular weight is 400 g/mol. The van der Waals surface area contributed by atoms with Crippen molar-refractivity contribution >= 4 is 31.9 Å². The van der Waals surface area contributed by atoms with Gasteiger partial charge in [0.05, 0.1) is 23.5 Å². The summed E-state index contributed by atoms with van der Waals surface area (Å²) < 4.78 is 11.7. The molecule has 2 aromatic carbocycles. The number of methoxy groups -OCH3 is 2. The van der Waals surface area contributed by atoms with Crippen molar-refractivity contribution in [1.29, 1.82) is 0 Å². The van der Waals surface area contributed by atoms with E-state index in [0.29, 0.717) is 0 Å². The predicted octanol–water partition coefficient (Wildman–Crippen LogP) is 5.26. The number of alkyl halides is 1. The Morgan fingerprint density at radius 3 is 2.30 bits per heavy atom. The maximum absolute atomic E-state index is 5.48. The van der Waals surface area contributed by atoms with Gasteiger partial charge in [0.15, 0.2) is 0 Å². The van der Waals surface area contributed by atoms with Gasteiger partial charge in [-0.1, -0.05) is 45.8 Å². The van der Waals surface area contributed by atoms with Crippen molar-refractivity contribution in [3.8, 4) is 11.5 Å². The third kappa shape index (κ3) is 3.18. The maximum atomic E-state index is 5.48. The van der Waals surface area contributed by atoms with Crippen LogP contribution in [0.5, 0.6) is 11.5 Å². The Bertz CT molecular complexity index is 611. The quantitative estimate of drug-likeness (QED) is 0.653. The molecule has 1 atom stereocenters. The zero-order chi connectivity index (χ0) is 14.7. The second kappa shape index (κ2) is 6.64. The molecule has 0 fully saturated rings. The first-order valence-electron chi connectivity index (χ1n) is 6.19. The number of ether oxygens (including phenoxy) is 2. The summed E-state index contributed by atoms with van der Waals surface area (Å²) in [5, 5.41) is 0. The second-order valence-electron chi connectivity index (χ2n) is 4.51. The number of hydrogen-bond acceptors (Lipinski definition) is 2. The molecule has 0 saturated heterocycles. The zero-order valence-electron chi connectivity index (χ0n) is 11.6. The molecule has 4 heteroatoms. The maximum Gasteiger partial charge on any atom is 0.133 e. The smallest absolute Gasteiger partial charge is 0.133 e. The fraction of sp³-hybridized carbons (Fsp3) is 0.250. The number of rotatable bonds is 4. The van der Waals surface area contributed by atoms with Crippen LogP contribution in [0.25, 0.3) is 0 Å². The average Bonchev–Trinajstić information content (AvgIpc) is 2.46. The fourth-order valence-electron chi connectivity index (χ4n) is 2.09. The molecule has 0 saturated carbocycles. The van der Waals surface area contributed by atoms with Crippen LogP contribution in [0.3, 0.4) is 0 Å². The normalized spacial score (nSPS) is 12.1. The Hall–Kier alpha value is -1.00. The van der Waals surface area contributed by atoms with E-state index in [9.17, 15) is 0 Å². The van der Waals surface area contributed by atoms with E-state index >= 15 is 0 Å². The van der Waals surface area contributed by atoms with Gasteiger partial charge in [-0.3, -0.25) is 0 Å². The highest BCUT2D eigenvalue weighted by atomic mass is 79.9. The Balaban J connectivity index is 2.50. The Kier molecular flexibility index (Phi) is 5.11. The highest BCUT2D eigenvalue weighted by Crippen LogP contribution is 2.41. The van der Waals surface area contributed by atoms with Crippen molar-refractivity contribution in [3.63, 3.8) is 0 Å². The molecule has 20 heavy (non-hydrogen) atoms. The standard InChI is InChI=1S/C16H16Br2O2/c1-10-5-4-6-11(7-10)16(18)12-8-15(20-3)13(17)9-14(12)19-2/h4-9,16H,1-3H3. The lowest BCUT2D eigenvalue weighted by Crippen LogP contribution is -1.99. The molecule has 0 aromatic heterocycles. The summed E-state index contributed by atoms with van der Waals surface area (Å²) in [7, 11) is 3.33. The van der Waals surface area contributed by atoms with Gasteiger partial charge in [-0.15, -0.1) is 0 Å². The molecule has 2 nitrogen and oxygen atoms in total. The zero-order valence-corrected chi connectivity index (χ0v) is 14.8. The van der Waals surface area contributed by atoms with Crippen LogP contribution in [0.2, 0.25) is 0 Å². The molecule has 106 valence electrons. The van der Waals surface area contributed by atoms with E-state index in [1.54, 1.807) is 14.2 Å². The van der Waals surface area contributed by atoms with Crippen LogP contribution in [0.15, 0.2) is 40.9 Å². The van der Waals surface area contributed by atoms with Gasteiger partial charge in [-0.05, 0) is 40.5 Å². The molecule has 0 aliphatic rings. The van der Waals surface area contributed by atoms with Crippen LogP contribution >= 0.6 is 31.9 Å². The minimum absolute atomic E-state index is 0.0550. The van der Waals surface area contributed by atoms with Gasteiger partial charge in [-0.2, -0.15) is 0 Å². The van der Waals surface area contributed by atoms with Crippen LogP contribution in [-0.4, -0.2) is 14.2 Å². The summed E-state index contributed by atoms with van der Waals surface area (Å²) in [6.07, 6.45) is 0. The van der Waals surface area contributed by atoms with Gasteiger partial charge in [-0.25, -0.2) is 0 Å². The lowest BCUT2D eigenvalue weighted by atomic mass is 10.0. The Morgan fingerprint density at radius 1 is 1.00 bits per heavy atom. The predicted molar refractivity (Wildman–Crippen MR) is 89.2 cm³/mol. The lowest BCUT2D eigenvalue weighted by molar-refractivity contribution is 0.397. The molecule has 0 aliphatic heterocycles. The monoisotopic (exact) mass is 398 g/mol. The van der Waals surface area contributed by atoms with E-state index in [4.69, 9.17) is 9.47 Å². The van der Waals surface area contributed by atoms with Crippen molar-refractivity contribution < 1.29 is 9.47 Å². The number of hydrogen-bond donors (Lipinski definition) is 0. The SMILES string of the molecule is COc1cc(C(Br)c2cccc(C)c2)c(OC)cc1Br. The van der Waals surface area contributed by atoms with E-state index in [0.717, 1.165) is 21.5 Å². The van der Waals surface area contributed by atoms with E-state index < -0.39 is 0 Å². The van der Waals surface area contributed by atoms with Gasteiger partial charge in [0.1, 0.15) is 11.5 Å². The summed E-state index contributed by atoms with van der Waals surface area (Å²) in [4.78, 5) is 0.0550. The molecule has 2 aromatic rings. The highest BCUT2D eigenvalue weighted by Gasteiger charge is 2.18. The summed E-state index contributed by atoms with van der Waals surface area (Å²) in [5.74, 6) is 1.61. The van der Waals surface area contributed by atoms with Gasteiger partial charge < -0.3 is 9.47 Å². The number of halogens is 2. The first-order chi connectivity index (χ1) is 9.56. The molecular formula is C16H16Br2O2. The Labute approximate surface area is 136 Å². The Morgan fingerprint density at radius 2 is 1.70 bits per heavy atom. The molecule has 0 spiro atoms. The fourth-order valence-corrected chi connectivity index (χ4v) is 3.22. The van der Waals surface area contributed by atoms with Gasteiger partial charge in [0.2, 0.25) is 0 Å². The number of benzene rings is 2. The highest BCUT2D eigenvalue weighted by molar-refractivity contribution is 9.10. The van der Waals surface area contributed by atoms with Gasteiger partial charge in [0.25, 0.3) is 0 Å². The van der Waals surface area contributed by atoms with E-state index in [2.05, 4.69) is 63.0 Å². The van der Waals surface area contributed by atoms with Gasteiger partial charge in [0, 0.05) is 5.56 Å². The van der Waals surface area contributed by atoms with Crippen molar-refractivity contribution in [2.24, 2.45) is 0 Å². The second-order valence-corrected chi connectivity index (χ2v) is 6.28. The molecule has 0 N–H and O–H groups in total. The minimum atomic E-state index is 0.0550. The van der Waals surface area contributed by atoms with E-state index in [1.807, 2.05) is 12.1 Å². The summed E-state index contributed by atoms with van der Waals surface area (Å²) in [5.41, 5.74) is 3.46. The van der Waals surface area contributed by atoms with Crippen LogP contribution in [-0.2, 0) is 0 Å². The van der Waals surface area contributed by atoms with Crippen LogP contribution in [0.4, 0.5) is 0 Å². The van der Waals surface area contributed by atoms with Crippen molar-refractivity contribution in [1.82, 2.24) is 0 Å². The van der Waals surface area contributed by atoms with E-state index in [1.165, 1.54) is 11.1 Å². The topological polar surface area (TPSA) is 18.5 Å². The molecule has 0 amide bonds. The summed E-state index contributed by atoms with van der Waals surface area (Å²) in [6.45, 7) is 2.09. The van der Waals surface area contributed by atoms with Crippen LogP contribution in [0, 0.1) is 6.92 Å². The largest absolute Gasteiger partial charge is 0.496 e. The van der Waals surface area contributed by atoms with Crippen LogP contribution < -0.4 is 9.47 Å². The molecular weight excluding hydrogens is 384 g/mol. The molecule has 1 unspecified atom stereocenters. The van der Waals surface area contributed by atoms with Crippen molar-refractivity contribution in [2.45, 2.75) is 11.8 Å². The molecule has 0 aliphatic carbocycles. The third-order valence-electron chi connectivity index (χ3n) is 3.11. The van der Waals surface area contributed by atoms with Crippen molar-refractivity contribution in [3.05, 3.63) is 57.6 Å². The minimum Gasteiger partial charge on any atom is -0.496 e. The van der Waals surface area contributed by atoms with Gasteiger partial charge >= 0.3 is 0 Å². The molecule has 0 bridgehead atoms. The first-order valence-corrected chi connectivity index (χ1v) is 7.89. The third-order valence-corrected chi connectivity index (χ3v) is 4.75. The van der Waals surface area contributed by atoms with E-state index in [-0.39, 0.29) is 4.83 Å². The summed E-state index contributed by atoms with van der Waals surface area (Å²) >= 11 is 7.24.